The van der Waals surface area contributed by atoms with Crippen LogP contribution in [0.3, 0.4) is 0 Å². The minimum absolute atomic E-state index is 0.267. The molecule has 0 amide bonds. The van der Waals surface area contributed by atoms with Crippen LogP contribution in [0, 0.1) is 17.6 Å². The summed E-state index contributed by atoms with van der Waals surface area (Å²) in [5, 5.41) is 0. The van der Waals surface area contributed by atoms with Crippen molar-refractivity contribution >= 4 is 0 Å². The van der Waals surface area contributed by atoms with Gasteiger partial charge in [0.25, 0.3) is 0 Å². The van der Waals surface area contributed by atoms with Crippen molar-refractivity contribution in [2.45, 2.75) is 26.8 Å². The van der Waals surface area contributed by atoms with Gasteiger partial charge in [-0.05, 0) is 31.0 Å². The highest BCUT2D eigenvalue weighted by molar-refractivity contribution is 5.21. The van der Waals surface area contributed by atoms with E-state index in [9.17, 15) is 8.78 Å². The summed E-state index contributed by atoms with van der Waals surface area (Å²) in [6, 6.07) is 3.01. The third-order valence-electron chi connectivity index (χ3n) is 2.10. The molecule has 1 rings (SSSR count). The topological polar surface area (TPSA) is 21.3 Å². The highest BCUT2D eigenvalue weighted by Gasteiger charge is 2.11. The maximum Gasteiger partial charge on any atom is 0.128 e. The van der Waals surface area contributed by atoms with Crippen LogP contribution in [0.2, 0.25) is 0 Å². The van der Waals surface area contributed by atoms with Crippen LogP contribution >= 0.6 is 0 Å². The van der Waals surface area contributed by atoms with Gasteiger partial charge in [-0.2, -0.15) is 5.48 Å². The highest BCUT2D eigenvalue weighted by atomic mass is 19.1. The summed E-state index contributed by atoms with van der Waals surface area (Å²) in [5.41, 5.74) is 2.96. The Hall–Kier alpha value is -1.00. The first-order chi connectivity index (χ1) is 7.50. The van der Waals surface area contributed by atoms with Gasteiger partial charge in [-0.25, -0.2) is 8.78 Å². The molecule has 0 heterocycles. The summed E-state index contributed by atoms with van der Waals surface area (Å²) < 4.78 is 26.3. The van der Waals surface area contributed by atoms with Crippen molar-refractivity contribution in [3.05, 3.63) is 35.4 Å². The van der Waals surface area contributed by atoms with Crippen LogP contribution in [-0.4, -0.2) is 6.61 Å². The molecule has 0 aliphatic rings. The first kappa shape index (κ1) is 13.1. The molecule has 16 heavy (non-hydrogen) atoms. The molecule has 0 saturated heterocycles. The Morgan fingerprint density at radius 1 is 1.25 bits per heavy atom. The lowest BCUT2D eigenvalue weighted by Crippen LogP contribution is -2.22. The van der Waals surface area contributed by atoms with Gasteiger partial charge < -0.3 is 4.84 Å². The Labute approximate surface area is 94.6 Å². The second-order valence-electron chi connectivity index (χ2n) is 4.21. The highest BCUT2D eigenvalue weighted by Crippen LogP contribution is 2.17. The second-order valence-corrected chi connectivity index (χ2v) is 4.21. The normalized spacial score (nSPS) is 13.1. The average molecular weight is 229 g/mol. The Balaban J connectivity index is 2.58. The van der Waals surface area contributed by atoms with Crippen molar-refractivity contribution in [2.24, 2.45) is 5.92 Å². The van der Waals surface area contributed by atoms with E-state index in [1.54, 1.807) is 6.92 Å². The number of hydrogen-bond donors (Lipinski definition) is 1. The number of rotatable bonds is 5. The first-order valence-corrected chi connectivity index (χ1v) is 5.33. The summed E-state index contributed by atoms with van der Waals surface area (Å²) in [4.78, 5) is 5.17. The molecule has 1 atom stereocenters. The fourth-order valence-corrected chi connectivity index (χ4v) is 1.25. The molecular weight excluding hydrogens is 212 g/mol. The predicted molar refractivity (Wildman–Crippen MR) is 58.7 cm³/mol. The van der Waals surface area contributed by atoms with Crippen molar-refractivity contribution in [1.29, 1.82) is 0 Å². The largest absolute Gasteiger partial charge is 0.301 e. The van der Waals surface area contributed by atoms with Gasteiger partial charge in [0.15, 0.2) is 0 Å². The molecule has 0 aliphatic heterocycles. The Morgan fingerprint density at radius 2 is 1.94 bits per heavy atom. The second kappa shape index (κ2) is 5.92. The molecule has 1 unspecified atom stereocenters. The molecule has 1 aromatic carbocycles. The summed E-state index contributed by atoms with van der Waals surface area (Å²) in [5.74, 6) is -0.500. The van der Waals surface area contributed by atoms with Gasteiger partial charge >= 0.3 is 0 Å². The number of hydroxylamine groups is 1. The van der Waals surface area contributed by atoms with Crippen molar-refractivity contribution in [1.82, 2.24) is 5.48 Å². The number of halogens is 2. The summed E-state index contributed by atoms with van der Waals surface area (Å²) in [6.07, 6.45) is 0. The molecule has 90 valence electrons. The van der Waals surface area contributed by atoms with Crippen molar-refractivity contribution in [3.8, 4) is 0 Å². The van der Waals surface area contributed by atoms with Crippen LogP contribution < -0.4 is 5.48 Å². The van der Waals surface area contributed by atoms with Gasteiger partial charge in [-0.3, -0.25) is 0 Å². The molecule has 1 N–H and O–H groups in total. The average Bonchev–Trinajstić information content (AvgIpc) is 2.21. The lowest BCUT2D eigenvalue weighted by molar-refractivity contribution is 0.00338. The van der Waals surface area contributed by atoms with Crippen molar-refractivity contribution < 1.29 is 13.6 Å². The molecule has 0 saturated carbocycles. The molecule has 4 heteroatoms. The Kier molecular flexibility index (Phi) is 4.83. The number of nitrogens with one attached hydrogen (secondary N) is 1. The van der Waals surface area contributed by atoms with Gasteiger partial charge in [-0.1, -0.05) is 13.8 Å². The zero-order valence-electron chi connectivity index (χ0n) is 9.76. The van der Waals surface area contributed by atoms with Crippen molar-refractivity contribution in [3.63, 3.8) is 0 Å². The summed E-state index contributed by atoms with van der Waals surface area (Å²) in [6.45, 7) is 6.27. The van der Waals surface area contributed by atoms with Gasteiger partial charge in [-0.15, -0.1) is 0 Å². The maximum atomic E-state index is 13.3. The first-order valence-electron chi connectivity index (χ1n) is 5.33. The molecular formula is C12H17F2NO. The lowest BCUT2D eigenvalue weighted by atomic mass is 10.1. The van der Waals surface area contributed by atoms with E-state index < -0.39 is 11.6 Å². The minimum atomic E-state index is -0.450. The quantitative estimate of drug-likeness (QED) is 0.783. The van der Waals surface area contributed by atoms with Gasteiger partial charge in [0, 0.05) is 5.56 Å². The Bertz CT molecular complexity index is 342. The van der Waals surface area contributed by atoms with Gasteiger partial charge in [0.05, 0.1) is 12.6 Å². The van der Waals surface area contributed by atoms with Crippen LogP contribution in [0.4, 0.5) is 8.78 Å². The van der Waals surface area contributed by atoms with Gasteiger partial charge in [0.2, 0.25) is 0 Å². The number of hydrogen-bond acceptors (Lipinski definition) is 2. The summed E-state index contributed by atoms with van der Waals surface area (Å²) in [7, 11) is 0. The van der Waals surface area contributed by atoms with E-state index in [2.05, 4.69) is 5.48 Å². The zero-order valence-corrected chi connectivity index (χ0v) is 9.76. The molecule has 1 aromatic rings. The van der Waals surface area contributed by atoms with E-state index in [-0.39, 0.29) is 11.6 Å². The van der Waals surface area contributed by atoms with E-state index >= 15 is 0 Å². The van der Waals surface area contributed by atoms with E-state index in [0.29, 0.717) is 12.5 Å². The minimum Gasteiger partial charge on any atom is -0.301 e. The monoisotopic (exact) mass is 229 g/mol. The van der Waals surface area contributed by atoms with E-state index in [0.717, 1.165) is 12.1 Å². The summed E-state index contributed by atoms with van der Waals surface area (Å²) >= 11 is 0. The SMILES string of the molecule is CC(C)CONC(C)c1cc(F)ccc1F. The smallest absolute Gasteiger partial charge is 0.128 e. The van der Waals surface area contributed by atoms with E-state index in [1.165, 1.54) is 6.07 Å². The van der Waals surface area contributed by atoms with E-state index in [1.807, 2.05) is 13.8 Å². The van der Waals surface area contributed by atoms with Crippen LogP contribution in [-0.2, 0) is 4.84 Å². The van der Waals surface area contributed by atoms with Gasteiger partial charge in [0.1, 0.15) is 11.6 Å². The molecule has 2 nitrogen and oxygen atoms in total. The standard InChI is InChI=1S/C12H17F2NO/c1-8(2)7-16-15-9(3)11-6-10(13)4-5-12(11)14/h4-6,8-9,15H,7H2,1-3H3. The molecule has 0 aromatic heterocycles. The third-order valence-corrected chi connectivity index (χ3v) is 2.10. The molecule has 0 fully saturated rings. The Morgan fingerprint density at radius 3 is 2.56 bits per heavy atom. The molecule has 0 spiro atoms. The molecule has 0 bridgehead atoms. The maximum absolute atomic E-state index is 13.3. The molecule has 0 radical (unpaired) electrons. The predicted octanol–water partition coefficient (Wildman–Crippen LogP) is 3.20. The van der Waals surface area contributed by atoms with Crippen LogP contribution in [0.25, 0.3) is 0 Å². The van der Waals surface area contributed by atoms with Crippen LogP contribution in [0.1, 0.15) is 32.4 Å². The van der Waals surface area contributed by atoms with Crippen molar-refractivity contribution in [2.75, 3.05) is 6.61 Å². The lowest BCUT2D eigenvalue weighted by Gasteiger charge is -2.15. The fourth-order valence-electron chi connectivity index (χ4n) is 1.25. The number of benzene rings is 1. The molecule has 0 aliphatic carbocycles. The fraction of sp³-hybridized carbons (Fsp3) is 0.500. The van der Waals surface area contributed by atoms with E-state index in [4.69, 9.17) is 4.84 Å². The van der Waals surface area contributed by atoms with Crippen LogP contribution in [0.15, 0.2) is 18.2 Å². The third kappa shape index (κ3) is 3.87. The van der Waals surface area contributed by atoms with Crippen LogP contribution in [0.5, 0.6) is 0 Å². The zero-order chi connectivity index (χ0) is 12.1.